The summed E-state index contributed by atoms with van der Waals surface area (Å²) in [5.41, 5.74) is 8.04. The van der Waals surface area contributed by atoms with E-state index in [0.717, 1.165) is 19.5 Å². The molecule has 1 aromatic rings. The van der Waals surface area contributed by atoms with Crippen LogP contribution < -0.4 is 16.0 Å². The SMILES string of the molecule is CNCCCN(C)c1cccc(CN)c1. The van der Waals surface area contributed by atoms with Crippen molar-refractivity contribution >= 4 is 5.69 Å². The average molecular weight is 207 g/mol. The molecule has 84 valence electrons. The molecule has 1 rings (SSSR count). The second kappa shape index (κ2) is 6.43. The molecule has 0 radical (unpaired) electrons. The van der Waals surface area contributed by atoms with Crippen molar-refractivity contribution < 1.29 is 0 Å². The van der Waals surface area contributed by atoms with Crippen molar-refractivity contribution in [2.45, 2.75) is 13.0 Å². The van der Waals surface area contributed by atoms with Gasteiger partial charge in [-0.1, -0.05) is 12.1 Å². The molecule has 0 fully saturated rings. The monoisotopic (exact) mass is 207 g/mol. The van der Waals surface area contributed by atoms with Crippen molar-refractivity contribution in [1.82, 2.24) is 5.32 Å². The van der Waals surface area contributed by atoms with Crippen LogP contribution in [0, 0.1) is 0 Å². The van der Waals surface area contributed by atoms with Gasteiger partial charge in [0.15, 0.2) is 0 Å². The van der Waals surface area contributed by atoms with Gasteiger partial charge in [-0.25, -0.2) is 0 Å². The molecule has 3 N–H and O–H groups in total. The van der Waals surface area contributed by atoms with Gasteiger partial charge in [0.2, 0.25) is 0 Å². The van der Waals surface area contributed by atoms with Gasteiger partial charge in [0.1, 0.15) is 0 Å². The van der Waals surface area contributed by atoms with Gasteiger partial charge in [-0.15, -0.1) is 0 Å². The van der Waals surface area contributed by atoms with Crippen molar-refractivity contribution in [3.8, 4) is 0 Å². The second-order valence-electron chi connectivity index (χ2n) is 3.75. The van der Waals surface area contributed by atoms with Crippen LogP contribution in [0.4, 0.5) is 5.69 Å². The van der Waals surface area contributed by atoms with Crippen LogP contribution in [0.5, 0.6) is 0 Å². The summed E-state index contributed by atoms with van der Waals surface area (Å²) in [6.07, 6.45) is 1.15. The molecule has 0 saturated heterocycles. The molecule has 0 bridgehead atoms. The molecule has 0 aliphatic heterocycles. The molecule has 0 atom stereocenters. The fourth-order valence-electron chi connectivity index (χ4n) is 1.54. The van der Waals surface area contributed by atoms with Crippen LogP contribution in [0.3, 0.4) is 0 Å². The third-order valence-electron chi connectivity index (χ3n) is 2.51. The van der Waals surface area contributed by atoms with E-state index < -0.39 is 0 Å². The molecule has 0 aliphatic rings. The van der Waals surface area contributed by atoms with Crippen molar-refractivity contribution in [3.63, 3.8) is 0 Å². The molecule has 0 saturated carbocycles. The number of hydrogen-bond acceptors (Lipinski definition) is 3. The maximum Gasteiger partial charge on any atom is 0.0366 e. The number of anilines is 1. The lowest BCUT2D eigenvalue weighted by molar-refractivity contribution is 0.713. The van der Waals surface area contributed by atoms with Gasteiger partial charge >= 0.3 is 0 Å². The fourth-order valence-corrected chi connectivity index (χ4v) is 1.54. The Morgan fingerprint density at radius 1 is 1.40 bits per heavy atom. The first-order valence-electron chi connectivity index (χ1n) is 5.42. The lowest BCUT2D eigenvalue weighted by atomic mass is 10.2. The van der Waals surface area contributed by atoms with Gasteiger partial charge in [-0.05, 0) is 37.7 Å². The molecule has 1 aromatic carbocycles. The largest absolute Gasteiger partial charge is 0.375 e. The third kappa shape index (κ3) is 3.90. The quantitative estimate of drug-likeness (QED) is 0.689. The van der Waals surface area contributed by atoms with Crippen LogP contribution in [-0.4, -0.2) is 27.2 Å². The Hall–Kier alpha value is -1.06. The molecule has 0 unspecified atom stereocenters. The van der Waals surface area contributed by atoms with E-state index in [1.807, 2.05) is 7.05 Å². The zero-order valence-corrected chi connectivity index (χ0v) is 9.66. The molecule has 0 aromatic heterocycles. The summed E-state index contributed by atoms with van der Waals surface area (Å²) < 4.78 is 0. The number of rotatable bonds is 6. The van der Waals surface area contributed by atoms with Gasteiger partial charge in [0, 0.05) is 25.8 Å². The summed E-state index contributed by atoms with van der Waals surface area (Å²) >= 11 is 0. The van der Waals surface area contributed by atoms with Gasteiger partial charge in [-0.2, -0.15) is 0 Å². The minimum atomic E-state index is 0.609. The third-order valence-corrected chi connectivity index (χ3v) is 2.51. The highest BCUT2D eigenvalue weighted by Crippen LogP contribution is 2.14. The Labute approximate surface area is 92.3 Å². The Bertz CT molecular complexity index is 286. The van der Waals surface area contributed by atoms with Crippen molar-refractivity contribution in [2.24, 2.45) is 5.73 Å². The normalized spacial score (nSPS) is 10.3. The first kappa shape index (κ1) is 12.0. The van der Waals surface area contributed by atoms with Crippen molar-refractivity contribution in [3.05, 3.63) is 29.8 Å². The molecule has 0 amide bonds. The van der Waals surface area contributed by atoms with E-state index in [9.17, 15) is 0 Å². The molecular formula is C12H21N3. The van der Waals surface area contributed by atoms with E-state index in [0.29, 0.717) is 6.54 Å². The van der Waals surface area contributed by atoms with Crippen molar-refractivity contribution in [1.29, 1.82) is 0 Å². The molecule has 3 heteroatoms. The smallest absolute Gasteiger partial charge is 0.0366 e. The maximum atomic E-state index is 5.61. The Morgan fingerprint density at radius 3 is 2.87 bits per heavy atom. The van der Waals surface area contributed by atoms with Gasteiger partial charge in [0.05, 0.1) is 0 Å². The standard InChI is InChI=1S/C12H21N3/c1-14-7-4-8-15(2)12-6-3-5-11(9-12)10-13/h3,5-6,9,14H,4,7-8,10,13H2,1-2H3. The Balaban J connectivity index is 2.52. The summed E-state index contributed by atoms with van der Waals surface area (Å²) in [5.74, 6) is 0. The van der Waals surface area contributed by atoms with Crippen molar-refractivity contribution in [2.75, 3.05) is 32.1 Å². The predicted octanol–water partition coefficient (Wildman–Crippen LogP) is 1.19. The van der Waals surface area contributed by atoms with E-state index in [2.05, 4.69) is 41.5 Å². The number of nitrogens with zero attached hydrogens (tertiary/aromatic N) is 1. The lowest BCUT2D eigenvalue weighted by Gasteiger charge is -2.19. The van der Waals surface area contributed by atoms with Gasteiger partial charge in [-0.3, -0.25) is 0 Å². The topological polar surface area (TPSA) is 41.3 Å². The lowest BCUT2D eigenvalue weighted by Crippen LogP contribution is -2.22. The molecule has 0 spiro atoms. The van der Waals surface area contributed by atoms with Gasteiger partial charge in [0.25, 0.3) is 0 Å². The van der Waals surface area contributed by atoms with Crippen LogP contribution in [-0.2, 0) is 6.54 Å². The number of nitrogens with two attached hydrogens (primary N) is 1. The van der Waals surface area contributed by atoms with Crippen LogP contribution in [0.2, 0.25) is 0 Å². The molecule has 3 nitrogen and oxygen atoms in total. The zero-order valence-electron chi connectivity index (χ0n) is 9.66. The zero-order chi connectivity index (χ0) is 11.1. The van der Waals surface area contributed by atoms with Crippen LogP contribution in [0.1, 0.15) is 12.0 Å². The minimum Gasteiger partial charge on any atom is -0.375 e. The molecule has 0 aliphatic carbocycles. The summed E-state index contributed by atoms with van der Waals surface area (Å²) in [5, 5.41) is 3.15. The summed E-state index contributed by atoms with van der Waals surface area (Å²) in [6.45, 7) is 2.73. The first-order chi connectivity index (χ1) is 7.27. The van der Waals surface area contributed by atoms with Gasteiger partial charge < -0.3 is 16.0 Å². The molecule has 0 heterocycles. The average Bonchev–Trinajstić information content (AvgIpc) is 2.29. The van der Waals surface area contributed by atoms with E-state index in [4.69, 9.17) is 5.73 Å². The summed E-state index contributed by atoms with van der Waals surface area (Å²) in [7, 11) is 4.10. The Morgan fingerprint density at radius 2 is 2.20 bits per heavy atom. The summed E-state index contributed by atoms with van der Waals surface area (Å²) in [6, 6.07) is 8.40. The molecule has 15 heavy (non-hydrogen) atoms. The number of benzene rings is 1. The Kier molecular flexibility index (Phi) is 5.15. The van der Waals surface area contributed by atoms with E-state index in [1.54, 1.807) is 0 Å². The minimum absolute atomic E-state index is 0.609. The first-order valence-corrected chi connectivity index (χ1v) is 5.42. The second-order valence-corrected chi connectivity index (χ2v) is 3.75. The number of hydrogen-bond donors (Lipinski definition) is 2. The van der Waals surface area contributed by atoms with E-state index in [-0.39, 0.29) is 0 Å². The summed E-state index contributed by atoms with van der Waals surface area (Å²) in [4.78, 5) is 2.26. The maximum absolute atomic E-state index is 5.61. The van der Waals surface area contributed by atoms with Crippen LogP contribution >= 0.6 is 0 Å². The van der Waals surface area contributed by atoms with E-state index in [1.165, 1.54) is 11.3 Å². The highest BCUT2D eigenvalue weighted by Gasteiger charge is 2.00. The number of nitrogens with one attached hydrogen (secondary N) is 1. The fraction of sp³-hybridized carbons (Fsp3) is 0.500. The highest BCUT2D eigenvalue weighted by molar-refractivity contribution is 5.47. The predicted molar refractivity (Wildman–Crippen MR) is 66.1 cm³/mol. The molecular weight excluding hydrogens is 186 g/mol. The van der Waals surface area contributed by atoms with Crippen LogP contribution in [0.25, 0.3) is 0 Å². The van der Waals surface area contributed by atoms with Crippen LogP contribution in [0.15, 0.2) is 24.3 Å². The van der Waals surface area contributed by atoms with E-state index >= 15 is 0 Å². The highest BCUT2D eigenvalue weighted by atomic mass is 15.1.